The number of hydrogen-bond donors (Lipinski definition) is 4. The molecule has 0 amide bonds. The number of phosphoric ester groups is 1. The molecule has 1 fully saturated rings. The molecular weight excluding hydrogens is 361 g/mol. The Kier molecular flexibility index (Phi) is 5.06. The van der Waals surface area contributed by atoms with Gasteiger partial charge in [-0.15, -0.1) is 0 Å². The first-order valence-corrected chi connectivity index (χ1v) is 9.06. The molecule has 11 nitrogen and oxygen atoms in total. The highest BCUT2D eigenvalue weighted by molar-refractivity contribution is 7.80. The minimum absolute atomic E-state index is 0.132. The molecule has 0 aliphatic carbocycles. The largest absolute Gasteiger partial charge is 0.469 e. The molecule has 13 heteroatoms. The topological polar surface area (TPSA) is 155 Å². The maximum absolute atomic E-state index is 10.9. The zero-order valence-electron chi connectivity index (χ0n) is 12.3. The quantitative estimate of drug-likeness (QED) is 0.309. The molecule has 3 rings (SSSR count). The van der Waals surface area contributed by atoms with Gasteiger partial charge in [-0.3, -0.25) is 9.09 Å². The van der Waals surface area contributed by atoms with E-state index in [1.807, 2.05) is 0 Å². The van der Waals surface area contributed by atoms with Crippen LogP contribution in [0.4, 0.5) is 5.82 Å². The van der Waals surface area contributed by atoms with Crippen molar-refractivity contribution in [2.24, 2.45) is 0 Å². The van der Waals surface area contributed by atoms with E-state index in [0.29, 0.717) is 17.6 Å². The summed E-state index contributed by atoms with van der Waals surface area (Å²) in [4.78, 5) is 29.9. The predicted molar refractivity (Wildman–Crippen MR) is 85.0 cm³/mol. The van der Waals surface area contributed by atoms with Crippen LogP contribution in [-0.2, 0) is 18.6 Å². The van der Waals surface area contributed by atoms with Gasteiger partial charge in [0.15, 0.2) is 11.5 Å². The third-order valence-corrected chi connectivity index (χ3v) is 4.21. The Bertz CT molecular complexity index is 768. The van der Waals surface area contributed by atoms with Crippen molar-refractivity contribution in [1.29, 1.82) is 0 Å². The standard InChI is InChI=1S/C11H16N5O6PS/c12-10-9-11(14-3-13-10)16(4-15-9)8-1-6(20-5-24)7(22-8)2-21-23(17,18)19/h3-4,6-8,24H,1-2,5H2,(H2,12,13,14)(H2,17,18,19)/t6-,7?,8-/m1/s1. The van der Waals surface area contributed by atoms with Crippen molar-refractivity contribution in [1.82, 2.24) is 19.5 Å². The summed E-state index contributed by atoms with van der Waals surface area (Å²) in [5, 5.41) is 0. The Labute approximate surface area is 141 Å². The van der Waals surface area contributed by atoms with Crippen molar-refractivity contribution in [2.45, 2.75) is 24.9 Å². The van der Waals surface area contributed by atoms with Crippen molar-refractivity contribution in [2.75, 3.05) is 18.3 Å². The second-order valence-electron chi connectivity index (χ2n) is 5.07. The van der Waals surface area contributed by atoms with Crippen LogP contribution in [0.2, 0.25) is 0 Å². The lowest BCUT2D eigenvalue weighted by molar-refractivity contribution is -0.0522. The van der Waals surface area contributed by atoms with Gasteiger partial charge in [0.2, 0.25) is 0 Å². The second kappa shape index (κ2) is 6.92. The zero-order valence-corrected chi connectivity index (χ0v) is 14.1. The van der Waals surface area contributed by atoms with Gasteiger partial charge < -0.3 is 25.0 Å². The highest BCUT2D eigenvalue weighted by Gasteiger charge is 2.39. The Balaban J connectivity index is 1.81. The van der Waals surface area contributed by atoms with Crippen LogP contribution in [-0.4, -0.2) is 54.1 Å². The molecule has 1 unspecified atom stereocenters. The van der Waals surface area contributed by atoms with Crippen LogP contribution in [0.5, 0.6) is 0 Å². The normalized spacial score (nSPS) is 24.7. The first-order chi connectivity index (χ1) is 11.4. The zero-order chi connectivity index (χ0) is 17.3. The third-order valence-electron chi connectivity index (χ3n) is 3.57. The molecule has 0 aromatic carbocycles. The van der Waals surface area contributed by atoms with Gasteiger partial charge in [-0.1, -0.05) is 0 Å². The molecule has 2 aromatic rings. The van der Waals surface area contributed by atoms with Crippen LogP contribution in [0.3, 0.4) is 0 Å². The maximum atomic E-state index is 10.9. The summed E-state index contributed by atoms with van der Waals surface area (Å²) < 4.78 is 28.4. The lowest BCUT2D eigenvalue weighted by atomic mass is 10.2. The molecule has 3 atom stereocenters. The van der Waals surface area contributed by atoms with E-state index in [1.165, 1.54) is 12.7 Å². The minimum Gasteiger partial charge on any atom is -0.382 e. The summed E-state index contributed by atoms with van der Waals surface area (Å²) in [6.07, 6.45) is 1.62. The number of rotatable bonds is 6. The summed E-state index contributed by atoms with van der Waals surface area (Å²) in [5.74, 6) is 0.383. The lowest BCUT2D eigenvalue weighted by Gasteiger charge is -2.18. The number of hydrogen-bond acceptors (Lipinski definition) is 9. The van der Waals surface area contributed by atoms with Crippen molar-refractivity contribution in [3.8, 4) is 0 Å². The van der Waals surface area contributed by atoms with Crippen LogP contribution < -0.4 is 5.73 Å². The van der Waals surface area contributed by atoms with Gasteiger partial charge >= 0.3 is 7.82 Å². The van der Waals surface area contributed by atoms with E-state index in [4.69, 9.17) is 25.0 Å². The fraction of sp³-hybridized carbons (Fsp3) is 0.545. The highest BCUT2D eigenvalue weighted by atomic mass is 32.1. The van der Waals surface area contributed by atoms with E-state index >= 15 is 0 Å². The summed E-state index contributed by atoms with van der Waals surface area (Å²) in [6, 6.07) is 0. The van der Waals surface area contributed by atoms with Crippen molar-refractivity contribution < 1.29 is 28.3 Å². The molecule has 132 valence electrons. The lowest BCUT2D eigenvalue weighted by Crippen LogP contribution is -2.28. The van der Waals surface area contributed by atoms with Gasteiger partial charge in [0, 0.05) is 6.42 Å². The van der Waals surface area contributed by atoms with Gasteiger partial charge in [0.25, 0.3) is 0 Å². The smallest absolute Gasteiger partial charge is 0.382 e. The third kappa shape index (κ3) is 3.70. The Morgan fingerprint density at radius 3 is 2.96 bits per heavy atom. The summed E-state index contributed by atoms with van der Waals surface area (Å²) in [5.41, 5.74) is 6.70. The van der Waals surface area contributed by atoms with Crippen molar-refractivity contribution in [3.05, 3.63) is 12.7 Å². The predicted octanol–water partition coefficient (Wildman–Crippen LogP) is 0.0778. The first-order valence-electron chi connectivity index (χ1n) is 6.90. The molecular formula is C11H16N5O6PS. The minimum atomic E-state index is -4.60. The number of anilines is 1. The van der Waals surface area contributed by atoms with Crippen LogP contribution >= 0.6 is 20.5 Å². The number of thiol groups is 1. The van der Waals surface area contributed by atoms with Gasteiger partial charge in [0.1, 0.15) is 24.2 Å². The van der Waals surface area contributed by atoms with Crippen LogP contribution in [0.15, 0.2) is 12.7 Å². The fourth-order valence-corrected chi connectivity index (χ4v) is 3.08. The average molecular weight is 377 g/mol. The molecule has 2 aromatic heterocycles. The number of nitrogens with two attached hydrogens (primary N) is 1. The molecule has 1 aliphatic rings. The number of fused-ring (bicyclic) bond motifs is 1. The van der Waals surface area contributed by atoms with Gasteiger partial charge in [-0.2, -0.15) is 12.6 Å². The van der Waals surface area contributed by atoms with Crippen LogP contribution in [0.25, 0.3) is 11.2 Å². The van der Waals surface area contributed by atoms with E-state index < -0.39 is 26.3 Å². The maximum Gasteiger partial charge on any atom is 0.469 e. The van der Waals surface area contributed by atoms with Gasteiger partial charge in [-0.05, 0) is 0 Å². The number of nitrogen functional groups attached to an aromatic ring is 1. The van der Waals surface area contributed by atoms with E-state index in [2.05, 4.69) is 32.1 Å². The monoisotopic (exact) mass is 377 g/mol. The Morgan fingerprint density at radius 2 is 2.25 bits per heavy atom. The number of phosphoric acid groups is 1. The molecule has 24 heavy (non-hydrogen) atoms. The molecule has 4 N–H and O–H groups in total. The average Bonchev–Trinajstić information content (AvgIpc) is 3.09. The summed E-state index contributed by atoms with van der Waals surface area (Å²) in [6.45, 7) is -0.316. The van der Waals surface area contributed by atoms with E-state index in [0.717, 1.165) is 0 Å². The van der Waals surface area contributed by atoms with E-state index in [-0.39, 0.29) is 18.4 Å². The van der Waals surface area contributed by atoms with E-state index in [1.54, 1.807) is 4.57 Å². The number of aromatic nitrogens is 4. The Morgan fingerprint density at radius 1 is 1.46 bits per heavy atom. The van der Waals surface area contributed by atoms with Crippen molar-refractivity contribution >= 4 is 37.4 Å². The molecule has 0 bridgehead atoms. The molecule has 1 saturated heterocycles. The van der Waals surface area contributed by atoms with Crippen LogP contribution in [0.1, 0.15) is 12.6 Å². The molecule has 0 saturated carbocycles. The highest BCUT2D eigenvalue weighted by Crippen LogP contribution is 2.39. The Hall–Kier alpha value is -1.27. The molecule has 1 aliphatic heterocycles. The molecule has 3 heterocycles. The molecule has 0 radical (unpaired) electrons. The van der Waals surface area contributed by atoms with E-state index in [9.17, 15) is 4.57 Å². The second-order valence-corrected chi connectivity index (χ2v) is 6.57. The van der Waals surface area contributed by atoms with Gasteiger partial charge in [0.05, 0.1) is 25.0 Å². The fourth-order valence-electron chi connectivity index (χ4n) is 2.54. The number of nitrogens with zero attached hydrogens (tertiary/aromatic N) is 4. The van der Waals surface area contributed by atoms with Crippen molar-refractivity contribution in [3.63, 3.8) is 0 Å². The number of imidazole rings is 1. The SMILES string of the molecule is Nc1ncnc2c1ncn2[C@H]1C[C@@H](OCS)C(COP(=O)(O)O)O1. The number of ether oxygens (including phenoxy) is 2. The van der Waals surface area contributed by atoms with Crippen LogP contribution in [0, 0.1) is 0 Å². The summed E-state index contributed by atoms with van der Waals surface area (Å²) in [7, 11) is -4.60. The van der Waals surface area contributed by atoms with Gasteiger partial charge in [-0.25, -0.2) is 19.5 Å². The molecule has 0 spiro atoms. The summed E-state index contributed by atoms with van der Waals surface area (Å²) >= 11 is 4.01. The first kappa shape index (κ1) is 17.5.